The van der Waals surface area contributed by atoms with Crippen LogP contribution in [0.5, 0.6) is 0 Å². The Kier molecular flexibility index (Phi) is 5.92. The summed E-state index contributed by atoms with van der Waals surface area (Å²) in [5, 5.41) is 3.32. The summed E-state index contributed by atoms with van der Waals surface area (Å²) in [5.74, 6) is 1.73. The van der Waals surface area contributed by atoms with Crippen molar-refractivity contribution in [2.75, 3.05) is 31.1 Å². The molecular formula is C21H26N6S. The third-order valence-electron chi connectivity index (χ3n) is 4.99. The number of rotatable bonds is 5. The molecule has 0 aliphatic carbocycles. The maximum absolute atomic E-state index is 4.85. The molecule has 0 atom stereocenters. The van der Waals surface area contributed by atoms with Gasteiger partial charge < -0.3 is 4.90 Å². The number of aryl methyl sites for hydroxylation is 2. The Bertz CT molecular complexity index is 910. The van der Waals surface area contributed by atoms with Crippen LogP contribution >= 0.6 is 11.3 Å². The highest BCUT2D eigenvalue weighted by Gasteiger charge is 2.18. The molecule has 28 heavy (non-hydrogen) atoms. The van der Waals surface area contributed by atoms with Gasteiger partial charge in [0.2, 0.25) is 0 Å². The minimum absolute atomic E-state index is 0.717. The van der Waals surface area contributed by atoms with Gasteiger partial charge in [-0.2, -0.15) is 0 Å². The molecule has 1 fully saturated rings. The van der Waals surface area contributed by atoms with E-state index in [-0.39, 0.29) is 0 Å². The molecule has 4 heterocycles. The van der Waals surface area contributed by atoms with Crippen LogP contribution in [0.4, 0.5) is 5.82 Å². The van der Waals surface area contributed by atoms with Crippen molar-refractivity contribution in [3.05, 3.63) is 52.2 Å². The maximum atomic E-state index is 4.85. The van der Waals surface area contributed by atoms with Gasteiger partial charge in [-0.1, -0.05) is 13.0 Å². The van der Waals surface area contributed by atoms with Crippen molar-refractivity contribution in [3.8, 4) is 11.5 Å². The molecule has 0 unspecified atom stereocenters. The smallest absolute Gasteiger partial charge is 0.180 e. The molecular weight excluding hydrogens is 368 g/mol. The van der Waals surface area contributed by atoms with E-state index in [1.165, 1.54) is 5.69 Å². The molecule has 0 radical (unpaired) electrons. The van der Waals surface area contributed by atoms with Crippen molar-refractivity contribution >= 4 is 17.2 Å². The Labute approximate surface area is 170 Å². The van der Waals surface area contributed by atoms with E-state index < -0.39 is 0 Å². The van der Waals surface area contributed by atoms with Gasteiger partial charge in [-0.3, -0.25) is 9.88 Å². The first-order valence-electron chi connectivity index (χ1n) is 9.89. The van der Waals surface area contributed by atoms with Gasteiger partial charge in [0, 0.05) is 56.1 Å². The van der Waals surface area contributed by atoms with Crippen LogP contribution in [0.2, 0.25) is 0 Å². The number of hydrogen-bond donors (Lipinski definition) is 0. The van der Waals surface area contributed by atoms with Crippen LogP contribution in [0.3, 0.4) is 0 Å². The molecule has 4 rings (SSSR count). The van der Waals surface area contributed by atoms with E-state index in [2.05, 4.69) is 45.1 Å². The Morgan fingerprint density at radius 3 is 2.71 bits per heavy atom. The molecule has 0 aromatic carbocycles. The number of thiazole rings is 1. The van der Waals surface area contributed by atoms with Crippen molar-refractivity contribution in [1.29, 1.82) is 0 Å². The zero-order valence-corrected chi connectivity index (χ0v) is 17.3. The highest BCUT2D eigenvalue weighted by Crippen LogP contribution is 2.21. The Morgan fingerprint density at radius 2 is 1.96 bits per heavy atom. The van der Waals surface area contributed by atoms with Crippen molar-refractivity contribution in [1.82, 2.24) is 24.8 Å². The van der Waals surface area contributed by atoms with E-state index in [1.54, 1.807) is 17.5 Å². The summed E-state index contributed by atoms with van der Waals surface area (Å²) in [6.45, 7) is 9.21. The molecule has 0 saturated carbocycles. The molecule has 0 spiro atoms. The fourth-order valence-corrected chi connectivity index (χ4v) is 4.11. The first-order valence-corrected chi connectivity index (χ1v) is 10.8. The van der Waals surface area contributed by atoms with Gasteiger partial charge in [-0.15, -0.1) is 11.3 Å². The Hall–Kier alpha value is -2.38. The summed E-state index contributed by atoms with van der Waals surface area (Å²) in [6.07, 6.45) is 3.80. The summed E-state index contributed by atoms with van der Waals surface area (Å²) in [6, 6.07) is 8.00. The van der Waals surface area contributed by atoms with E-state index >= 15 is 0 Å². The van der Waals surface area contributed by atoms with Gasteiger partial charge in [0.15, 0.2) is 5.82 Å². The molecule has 0 amide bonds. The normalized spacial score (nSPS) is 15.6. The maximum Gasteiger partial charge on any atom is 0.180 e. The SMILES string of the molecule is CCc1cc(N2CCCN(Cc3csc(C)n3)CC2)nc(-c2ccccn2)n1. The van der Waals surface area contributed by atoms with Crippen molar-refractivity contribution in [2.24, 2.45) is 0 Å². The lowest BCUT2D eigenvalue weighted by Crippen LogP contribution is -2.31. The molecule has 1 aliphatic rings. The van der Waals surface area contributed by atoms with E-state index in [9.17, 15) is 0 Å². The van der Waals surface area contributed by atoms with E-state index in [0.29, 0.717) is 5.82 Å². The molecule has 3 aromatic rings. The molecule has 1 aliphatic heterocycles. The largest absolute Gasteiger partial charge is 0.355 e. The predicted octanol–water partition coefficient (Wildman–Crippen LogP) is 3.58. The lowest BCUT2D eigenvalue weighted by atomic mass is 10.2. The predicted molar refractivity (Wildman–Crippen MR) is 114 cm³/mol. The summed E-state index contributed by atoms with van der Waals surface area (Å²) in [5.41, 5.74) is 3.07. The topological polar surface area (TPSA) is 58.0 Å². The number of nitrogens with zero attached hydrogens (tertiary/aromatic N) is 6. The highest BCUT2D eigenvalue weighted by atomic mass is 32.1. The number of pyridine rings is 1. The minimum atomic E-state index is 0.717. The Morgan fingerprint density at radius 1 is 1.04 bits per heavy atom. The standard InChI is InChI=1S/C21H26N6S/c1-3-17-13-20(25-21(24-17)19-7-4-5-8-22-19)27-10-6-9-26(11-12-27)14-18-15-28-16(2)23-18/h4-5,7-8,13,15H,3,6,9-12,14H2,1-2H3. The summed E-state index contributed by atoms with van der Waals surface area (Å²) in [4.78, 5) is 23.5. The fourth-order valence-electron chi connectivity index (χ4n) is 3.50. The summed E-state index contributed by atoms with van der Waals surface area (Å²) >= 11 is 1.73. The second kappa shape index (κ2) is 8.75. The van der Waals surface area contributed by atoms with Crippen molar-refractivity contribution in [3.63, 3.8) is 0 Å². The van der Waals surface area contributed by atoms with Crippen LogP contribution in [-0.2, 0) is 13.0 Å². The van der Waals surface area contributed by atoms with Gasteiger partial charge >= 0.3 is 0 Å². The molecule has 3 aromatic heterocycles. The summed E-state index contributed by atoms with van der Waals surface area (Å²) < 4.78 is 0. The van der Waals surface area contributed by atoms with Crippen LogP contribution in [0.1, 0.15) is 29.7 Å². The van der Waals surface area contributed by atoms with Gasteiger partial charge in [0.05, 0.1) is 10.7 Å². The Balaban J connectivity index is 1.50. The van der Waals surface area contributed by atoms with Crippen LogP contribution in [-0.4, -0.2) is 51.0 Å². The average molecular weight is 395 g/mol. The van der Waals surface area contributed by atoms with Gasteiger partial charge in [0.1, 0.15) is 11.5 Å². The third-order valence-corrected chi connectivity index (χ3v) is 5.81. The number of hydrogen-bond acceptors (Lipinski definition) is 7. The van der Waals surface area contributed by atoms with Crippen molar-refractivity contribution < 1.29 is 0 Å². The molecule has 146 valence electrons. The van der Waals surface area contributed by atoms with Crippen molar-refractivity contribution in [2.45, 2.75) is 33.2 Å². The number of anilines is 1. The lowest BCUT2D eigenvalue weighted by Gasteiger charge is -2.23. The van der Waals surface area contributed by atoms with Crippen LogP contribution in [0.15, 0.2) is 35.8 Å². The van der Waals surface area contributed by atoms with Gasteiger partial charge in [0.25, 0.3) is 0 Å². The van der Waals surface area contributed by atoms with E-state index in [4.69, 9.17) is 9.97 Å². The quantitative estimate of drug-likeness (QED) is 0.659. The van der Waals surface area contributed by atoms with Gasteiger partial charge in [-0.05, 0) is 31.9 Å². The zero-order chi connectivity index (χ0) is 19.3. The van der Waals surface area contributed by atoms with Crippen LogP contribution in [0, 0.1) is 6.92 Å². The van der Waals surface area contributed by atoms with Crippen LogP contribution < -0.4 is 4.90 Å². The monoisotopic (exact) mass is 394 g/mol. The van der Waals surface area contributed by atoms with E-state index in [0.717, 1.165) is 67.8 Å². The van der Waals surface area contributed by atoms with E-state index in [1.807, 2.05) is 18.2 Å². The second-order valence-corrected chi connectivity index (χ2v) is 8.15. The fraction of sp³-hybridized carbons (Fsp3) is 0.429. The van der Waals surface area contributed by atoms with Gasteiger partial charge in [-0.25, -0.2) is 15.0 Å². The first-order chi connectivity index (χ1) is 13.7. The molecule has 6 nitrogen and oxygen atoms in total. The zero-order valence-electron chi connectivity index (χ0n) is 16.5. The minimum Gasteiger partial charge on any atom is -0.355 e. The molecule has 0 N–H and O–H groups in total. The second-order valence-electron chi connectivity index (χ2n) is 7.08. The first kappa shape index (κ1) is 19.0. The molecule has 7 heteroatoms. The average Bonchev–Trinajstić information content (AvgIpc) is 3.00. The summed E-state index contributed by atoms with van der Waals surface area (Å²) in [7, 11) is 0. The lowest BCUT2D eigenvalue weighted by molar-refractivity contribution is 0.282. The molecule has 1 saturated heterocycles. The highest BCUT2D eigenvalue weighted by molar-refractivity contribution is 7.09. The molecule has 0 bridgehead atoms. The van der Waals surface area contributed by atoms with Crippen LogP contribution in [0.25, 0.3) is 11.5 Å². The third kappa shape index (κ3) is 4.54. The number of aromatic nitrogens is 4.